The molecule has 1 saturated heterocycles. The number of urea groups is 1. The van der Waals surface area contributed by atoms with E-state index in [1.165, 1.54) is 6.42 Å². The number of hydrogen-bond acceptors (Lipinski definition) is 2. The summed E-state index contributed by atoms with van der Waals surface area (Å²) >= 11 is 0. The fourth-order valence-electron chi connectivity index (χ4n) is 2.22. The first kappa shape index (κ1) is 8.53. The van der Waals surface area contributed by atoms with Gasteiger partial charge in [-0.15, -0.1) is 0 Å². The van der Waals surface area contributed by atoms with Gasteiger partial charge in [0.05, 0.1) is 0 Å². The first-order valence-electron chi connectivity index (χ1n) is 4.79. The minimum atomic E-state index is -0.202. The standard InChI is InChI=1S/C9H14N2O2/c1-2-9(4-3-5-9)11-6-7(12)10-8(11)13/h2-6H2,1H3,(H,10,12,13). The van der Waals surface area contributed by atoms with Gasteiger partial charge in [-0.1, -0.05) is 6.92 Å². The average molecular weight is 182 g/mol. The van der Waals surface area contributed by atoms with Crippen LogP contribution >= 0.6 is 0 Å². The van der Waals surface area contributed by atoms with E-state index in [0.717, 1.165) is 19.3 Å². The molecule has 3 amide bonds. The lowest BCUT2D eigenvalue weighted by Gasteiger charge is -2.47. The number of hydrogen-bond donors (Lipinski definition) is 1. The fraction of sp³-hybridized carbons (Fsp3) is 0.778. The lowest BCUT2D eigenvalue weighted by Crippen LogP contribution is -2.54. The molecule has 0 aromatic rings. The Bertz CT molecular complexity index is 253. The predicted molar refractivity (Wildman–Crippen MR) is 47.1 cm³/mol. The van der Waals surface area contributed by atoms with Gasteiger partial charge >= 0.3 is 6.03 Å². The zero-order valence-electron chi connectivity index (χ0n) is 7.80. The minimum absolute atomic E-state index is 0.00373. The van der Waals surface area contributed by atoms with Crippen LogP contribution in [0.15, 0.2) is 0 Å². The van der Waals surface area contributed by atoms with E-state index in [1.54, 1.807) is 4.90 Å². The van der Waals surface area contributed by atoms with Crippen molar-refractivity contribution in [3.05, 3.63) is 0 Å². The highest BCUT2D eigenvalue weighted by Gasteiger charge is 2.46. The van der Waals surface area contributed by atoms with Crippen LogP contribution in [-0.4, -0.2) is 28.9 Å². The van der Waals surface area contributed by atoms with Crippen molar-refractivity contribution in [1.29, 1.82) is 0 Å². The van der Waals surface area contributed by atoms with Crippen LogP contribution in [0.25, 0.3) is 0 Å². The molecule has 1 saturated carbocycles. The lowest BCUT2D eigenvalue weighted by molar-refractivity contribution is -0.119. The maximum Gasteiger partial charge on any atom is 0.325 e. The number of nitrogens with zero attached hydrogens (tertiary/aromatic N) is 1. The van der Waals surface area contributed by atoms with Crippen molar-refractivity contribution in [3.8, 4) is 0 Å². The summed E-state index contributed by atoms with van der Waals surface area (Å²) < 4.78 is 0. The quantitative estimate of drug-likeness (QED) is 0.644. The van der Waals surface area contributed by atoms with Crippen molar-refractivity contribution < 1.29 is 9.59 Å². The average Bonchev–Trinajstić information content (AvgIpc) is 2.30. The third-order valence-corrected chi connectivity index (χ3v) is 3.31. The van der Waals surface area contributed by atoms with Gasteiger partial charge in [0.25, 0.3) is 0 Å². The highest BCUT2D eigenvalue weighted by molar-refractivity contribution is 6.02. The van der Waals surface area contributed by atoms with Crippen LogP contribution in [0.5, 0.6) is 0 Å². The van der Waals surface area contributed by atoms with Gasteiger partial charge in [-0.25, -0.2) is 4.79 Å². The summed E-state index contributed by atoms with van der Waals surface area (Å²) in [4.78, 5) is 24.1. The van der Waals surface area contributed by atoms with E-state index in [0.29, 0.717) is 0 Å². The van der Waals surface area contributed by atoms with Crippen LogP contribution in [0.3, 0.4) is 0 Å². The summed E-state index contributed by atoms with van der Waals surface area (Å²) in [6.07, 6.45) is 4.22. The summed E-state index contributed by atoms with van der Waals surface area (Å²) in [5.74, 6) is -0.162. The van der Waals surface area contributed by atoms with E-state index in [4.69, 9.17) is 0 Å². The summed E-state index contributed by atoms with van der Waals surface area (Å²) in [5.41, 5.74) is -0.00373. The molecule has 2 rings (SSSR count). The molecule has 0 unspecified atom stereocenters. The zero-order valence-corrected chi connectivity index (χ0v) is 7.80. The molecule has 1 heterocycles. The summed E-state index contributed by atoms with van der Waals surface area (Å²) in [5, 5.41) is 2.32. The van der Waals surface area contributed by atoms with Gasteiger partial charge in [0.2, 0.25) is 5.91 Å². The predicted octanol–water partition coefficient (Wildman–Crippen LogP) is 0.871. The maximum absolute atomic E-state index is 11.4. The number of amides is 3. The van der Waals surface area contributed by atoms with Crippen LogP contribution in [0.1, 0.15) is 32.6 Å². The Morgan fingerprint density at radius 3 is 2.46 bits per heavy atom. The summed E-state index contributed by atoms with van der Waals surface area (Å²) in [7, 11) is 0. The Morgan fingerprint density at radius 1 is 1.46 bits per heavy atom. The molecule has 2 aliphatic rings. The van der Waals surface area contributed by atoms with Crippen molar-refractivity contribution >= 4 is 11.9 Å². The van der Waals surface area contributed by atoms with Crippen molar-refractivity contribution in [1.82, 2.24) is 10.2 Å². The van der Waals surface area contributed by atoms with Gasteiger partial charge in [0, 0.05) is 5.54 Å². The normalized spacial score (nSPS) is 25.8. The molecule has 2 fully saturated rings. The first-order chi connectivity index (χ1) is 6.18. The van der Waals surface area contributed by atoms with Crippen molar-refractivity contribution in [3.63, 3.8) is 0 Å². The molecule has 72 valence electrons. The molecule has 0 spiro atoms. The highest BCUT2D eigenvalue weighted by Crippen LogP contribution is 2.41. The molecular formula is C9H14N2O2. The number of imide groups is 1. The van der Waals surface area contributed by atoms with Crippen LogP contribution in [0.4, 0.5) is 4.79 Å². The van der Waals surface area contributed by atoms with E-state index in [2.05, 4.69) is 12.2 Å². The van der Waals surface area contributed by atoms with Crippen molar-refractivity contribution in [2.75, 3.05) is 6.54 Å². The van der Waals surface area contributed by atoms with E-state index in [-0.39, 0.29) is 24.0 Å². The van der Waals surface area contributed by atoms with E-state index in [1.807, 2.05) is 0 Å². The summed E-state index contributed by atoms with van der Waals surface area (Å²) in [6.45, 7) is 2.34. The Labute approximate surface area is 77.3 Å². The Kier molecular flexibility index (Phi) is 1.78. The van der Waals surface area contributed by atoms with Gasteiger partial charge in [-0.05, 0) is 25.7 Å². The van der Waals surface area contributed by atoms with Crippen LogP contribution in [0, 0.1) is 0 Å². The number of nitrogens with one attached hydrogen (secondary N) is 1. The van der Waals surface area contributed by atoms with Crippen molar-refractivity contribution in [2.45, 2.75) is 38.1 Å². The van der Waals surface area contributed by atoms with Crippen LogP contribution < -0.4 is 5.32 Å². The number of carbonyl (C=O) groups is 2. The van der Waals surface area contributed by atoms with Crippen LogP contribution in [-0.2, 0) is 4.79 Å². The summed E-state index contributed by atoms with van der Waals surface area (Å²) in [6, 6.07) is -0.202. The minimum Gasteiger partial charge on any atom is -0.309 e. The van der Waals surface area contributed by atoms with E-state index >= 15 is 0 Å². The first-order valence-corrected chi connectivity index (χ1v) is 4.79. The number of rotatable bonds is 2. The molecule has 0 radical (unpaired) electrons. The fourth-order valence-corrected chi connectivity index (χ4v) is 2.22. The van der Waals surface area contributed by atoms with Gasteiger partial charge in [-0.2, -0.15) is 0 Å². The smallest absolute Gasteiger partial charge is 0.309 e. The molecule has 0 aromatic heterocycles. The molecule has 1 aliphatic carbocycles. The Morgan fingerprint density at radius 2 is 2.15 bits per heavy atom. The van der Waals surface area contributed by atoms with Gasteiger partial charge in [-0.3, -0.25) is 10.1 Å². The topological polar surface area (TPSA) is 49.4 Å². The maximum atomic E-state index is 11.4. The van der Waals surface area contributed by atoms with Gasteiger partial charge < -0.3 is 4.90 Å². The highest BCUT2D eigenvalue weighted by atomic mass is 16.2. The Balaban J connectivity index is 2.15. The molecule has 1 N–H and O–H groups in total. The second kappa shape index (κ2) is 2.72. The lowest BCUT2D eigenvalue weighted by atomic mass is 9.73. The van der Waals surface area contributed by atoms with Gasteiger partial charge in [0.15, 0.2) is 0 Å². The monoisotopic (exact) mass is 182 g/mol. The SMILES string of the molecule is CCC1(N2CC(=O)NC2=O)CCC1. The molecular weight excluding hydrogens is 168 g/mol. The molecule has 0 bridgehead atoms. The third kappa shape index (κ3) is 1.12. The zero-order chi connectivity index (χ0) is 9.47. The Hall–Kier alpha value is -1.06. The van der Waals surface area contributed by atoms with E-state index in [9.17, 15) is 9.59 Å². The number of carbonyl (C=O) groups excluding carboxylic acids is 2. The molecule has 0 atom stereocenters. The molecule has 0 aromatic carbocycles. The molecule has 4 heteroatoms. The van der Waals surface area contributed by atoms with Crippen LogP contribution in [0.2, 0.25) is 0 Å². The second-order valence-corrected chi connectivity index (χ2v) is 3.87. The third-order valence-electron chi connectivity index (χ3n) is 3.31. The molecule has 13 heavy (non-hydrogen) atoms. The molecule has 1 aliphatic heterocycles. The second-order valence-electron chi connectivity index (χ2n) is 3.87. The van der Waals surface area contributed by atoms with Crippen molar-refractivity contribution in [2.24, 2.45) is 0 Å². The van der Waals surface area contributed by atoms with E-state index < -0.39 is 0 Å². The van der Waals surface area contributed by atoms with Gasteiger partial charge in [0.1, 0.15) is 6.54 Å². The largest absolute Gasteiger partial charge is 0.325 e. The molecule has 4 nitrogen and oxygen atoms in total.